The molecule has 0 amide bonds. The molecular weight excluding hydrogens is 183 g/mol. The van der Waals surface area contributed by atoms with Gasteiger partial charge in [-0.05, 0) is 4.57 Å². The van der Waals surface area contributed by atoms with Crippen LogP contribution in [-0.2, 0) is 18.6 Å². The van der Waals surface area contributed by atoms with Gasteiger partial charge in [0.25, 0.3) is 0 Å². The van der Waals surface area contributed by atoms with Crippen LogP contribution in [0.1, 0.15) is 0 Å². The number of cyclic esters (lactones) is 2. The van der Waals surface area contributed by atoms with Crippen molar-refractivity contribution in [2.75, 3.05) is 13.2 Å². The summed E-state index contributed by atoms with van der Waals surface area (Å²) in [5, 5.41) is 0. The van der Waals surface area contributed by atoms with Crippen LogP contribution in [0.15, 0.2) is 0 Å². The van der Waals surface area contributed by atoms with E-state index < -0.39 is 20.0 Å². The van der Waals surface area contributed by atoms with Gasteiger partial charge in [0.2, 0.25) is 0 Å². The first-order valence-electron chi connectivity index (χ1n) is 3.10. The Morgan fingerprint density at radius 3 is 3.08 bits per heavy atom. The molecule has 2 unspecified atom stereocenters. The van der Waals surface area contributed by atoms with Gasteiger partial charge in [-0.2, -0.15) is 0 Å². The minimum atomic E-state index is -2.07. The van der Waals surface area contributed by atoms with E-state index in [0.29, 0.717) is 0 Å². The Morgan fingerprint density at radius 2 is 2.58 bits per heavy atom. The molecule has 12 heavy (non-hydrogen) atoms. The predicted octanol–water partition coefficient (Wildman–Crippen LogP) is 0.871. The number of terminal acetylenes is 1. The molecule has 6 heteroatoms. The lowest BCUT2D eigenvalue weighted by Gasteiger charge is -1.89. The van der Waals surface area contributed by atoms with Crippen LogP contribution < -0.4 is 0 Å². The van der Waals surface area contributed by atoms with Crippen molar-refractivity contribution in [2.45, 2.75) is 5.85 Å². The Kier molecular flexibility index (Phi) is 3.03. The number of ether oxygens (including phenoxy) is 2. The van der Waals surface area contributed by atoms with E-state index in [2.05, 4.69) is 19.9 Å². The highest BCUT2D eigenvalue weighted by Gasteiger charge is 2.43. The van der Waals surface area contributed by atoms with Gasteiger partial charge in [0.15, 0.2) is 13.2 Å². The van der Waals surface area contributed by atoms with Crippen molar-refractivity contribution >= 4 is 14.2 Å². The average molecular weight is 189 g/mol. The van der Waals surface area contributed by atoms with Crippen molar-refractivity contribution in [3.8, 4) is 12.3 Å². The van der Waals surface area contributed by atoms with Crippen molar-refractivity contribution in [1.82, 2.24) is 0 Å². The predicted molar refractivity (Wildman–Crippen MR) is 38.6 cm³/mol. The zero-order chi connectivity index (χ0) is 8.97. The van der Waals surface area contributed by atoms with Gasteiger partial charge >= 0.3 is 20.0 Å². The smallest absolute Gasteiger partial charge is 0.425 e. The number of hydrogen-bond donors (Lipinski definition) is 0. The molecule has 0 radical (unpaired) electrons. The highest BCUT2D eigenvalue weighted by Crippen LogP contribution is 2.33. The van der Waals surface area contributed by atoms with E-state index in [1.807, 2.05) is 0 Å². The summed E-state index contributed by atoms with van der Waals surface area (Å²) in [5.74, 6) is 1.33. The van der Waals surface area contributed by atoms with Crippen molar-refractivity contribution in [3.05, 3.63) is 0 Å². The molecule has 2 atom stereocenters. The Balaban J connectivity index is 2.34. The van der Waals surface area contributed by atoms with Crippen molar-refractivity contribution in [1.29, 1.82) is 0 Å². The molecule has 64 valence electrons. The van der Waals surface area contributed by atoms with Crippen LogP contribution in [0.25, 0.3) is 0 Å². The summed E-state index contributed by atoms with van der Waals surface area (Å²) in [6.07, 6.45) is 4.03. The SMILES string of the molecule is C#CCO[P+](=O)C1COC(=O)O1. The lowest BCUT2D eigenvalue weighted by Crippen LogP contribution is -2.05. The minimum Gasteiger partial charge on any atom is -0.425 e. The fourth-order valence-corrected chi connectivity index (χ4v) is 1.34. The van der Waals surface area contributed by atoms with E-state index in [1.54, 1.807) is 0 Å². The van der Waals surface area contributed by atoms with Gasteiger partial charge < -0.3 is 9.47 Å². The highest BCUT2D eigenvalue weighted by atomic mass is 31.1. The summed E-state index contributed by atoms with van der Waals surface area (Å²) in [4.78, 5) is 10.4. The highest BCUT2D eigenvalue weighted by molar-refractivity contribution is 7.39. The molecule has 1 rings (SSSR count). The van der Waals surface area contributed by atoms with Crippen LogP contribution in [0.2, 0.25) is 0 Å². The third-order valence-electron chi connectivity index (χ3n) is 1.09. The summed E-state index contributed by atoms with van der Waals surface area (Å²) in [6, 6.07) is 0. The van der Waals surface area contributed by atoms with Gasteiger partial charge in [0, 0.05) is 0 Å². The van der Waals surface area contributed by atoms with Crippen LogP contribution >= 0.6 is 8.03 Å². The lowest BCUT2D eigenvalue weighted by atomic mass is 10.8. The van der Waals surface area contributed by atoms with Crippen molar-refractivity contribution in [2.24, 2.45) is 0 Å². The lowest BCUT2D eigenvalue weighted by molar-refractivity contribution is 0.126. The van der Waals surface area contributed by atoms with Gasteiger partial charge in [0.1, 0.15) is 0 Å². The van der Waals surface area contributed by atoms with Crippen LogP contribution in [0.4, 0.5) is 4.79 Å². The van der Waals surface area contributed by atoms with Gasteiger partial charge in [-0.3, -0.25) is 0 Å². The molecule has 0 aromatic heterocycles. The fraction of sp³-hybridized carbons (Fsp3) is 0.500. The molecule has 1 aliphatic rings. The number of carbonyl (C=O) groups is 1. The third kappa shape index (κ3) is 2.19. The first-order valence-corrected chi connectivity index (χ1v) is 4.35. The maximum absolute atomic E-state index is 11.0. The quantitative estimate of drug-likeness (QED) is 0.374. The number of rotatable bonds is 3. The normalized spacial score (nSPS) is 22.4. The van der Waals surface area contributed by atoms with Gasteiger partial charge in [-0.25, -0.2) is 4.79 Å². The van der Waals surface area contributed by atoms with Gasteiger partial charge in [-0.15, -0.1) is 10.9 Å². The van der Waals surface area contributed by atoms with Crippen molar-refractivity contribution in [3.63, 3.8) is 0 Å². The van der Waals surface area contributed by atoms with Crippen LogP contribution in [0.3, 0.4) is 0 Å². The molecule has 5 nitrogen and oxygen atoms in total. The first kappa shape index (κ1) is 8.98. The molecule has 1 heterocycles. The summed E-state index contributed by atoms with van der Waals surface area (Å²) in [5.41, 5.74) is 0. The molecule has 0 aromatic carbocycles. The summed E-state index contributed by atoms with van der Waals surface area (Å²) in [6.45, 7) is -0.109. The van der Waals surface area contributed by atoms with E-state index in [4.69, 9.17) is 6.42 Å². The molecule has 0 bridgehead atoms. The first-order chi connectivity index (χ1) is 5.74. The van der Waals surface area contributed by atoms with Gasteiger partial charge in [-0.1, -0.05) is 5.92 Å². The second kappa shape index (κ2) is 4.05. The number of carbonyl (C=O) groups excluding carboxylic acids is 1. The van der Waals surface area contributed by atoms with Crippen LogP contribution in [-0.4, -0.2) is 25.2 Å². The zero-order valence-corrected chi connectivity index (χ0v) is 6.95. The second-order valence-electron chi connectivity index (χ2n) is 1.90. The third-order valence-corrected chi connectivity index (χ3v) is 2.19. The minimum absolute atomic E-state index is 0.0430. The largest absolute Gasteiger partial charge is 0.558 e. The molecule has 0 spiro atoms. The van der Waals surface area contributed by atoms with Gasteiger partial charge in [0.05, 0.1) is 0 Å². The van der Waals surface area contributed by atoms with E-state index in [9.17, 15) is 9.36 Å². The molecule has 1 fully saturated rings. The monoisotopic (exact) mass is 189 g/mol. The van der Waals surface area contributed by atoms with E-state index in [1.165, 1.54) is 0 Å². The standard InChI is InChI=1S/C6H6O5P/c1-2-3-10-12(8)5-4-9-6(7)11-5/h1,5H,3-4H2/q+1. The summed E-state index contributed by atoms with van der Waals surface area (Å²) < 4.78 is 24.5. The molecule has 0 aromatic rings. The molecule has 0 saturated carbocycles. The molecule has 1 saturated heterocycles. The maximum atomic E-state index is 11.0. The van der Waals surface area contributed by atoms with Crippen LogP contribution in [0.5, 0.6) is 0 Å². The molecular formula is C6H6O5P+. The van der Waals surface area contributed by atoms with E-state index >= 15 is 0 Å². The Hall–Kier alpha value is -1.11. The Labute approximate surface area is 69.9 Å². The zero-order valence-electron chi connectivity index (χ0n) is 6.06. The average Bonchev–Trinajstić information content (AvgIpc) is 2.47. The second-order valence-corrected chi connectivity index (χ2v) is 3.30. The van der Waals surface area contributed by atoms with Crippen LogP contribution in [0, 0.1) is 12.3 Å². The summed E-state index contributed by atoms with van der Waals surface area (Å²) in [7, 11) is -2.07. The van der Waals surface area contributed by atoms with E-state index in [0.717, 1.165) is 0 Å². The number of hydrogen-bond acceptors (Lipinski definition) is 5. The Bertz CT molecular complexity index is 243. The Morgan fingerprint density at radius 1 is 1.83 bits per heavy atom. The summed E-state index contributed by atoms with van der Waals surface area (Å²) >= 11 is 0. The molecule has 0 aliphatic carbocycles. The molecule has 1 aliphatic heterocycles. The van der Waals surface area contributed by atoms with E-state index in [-0.39, 0.29) is 13.2 Å². The van der Waals surface area contributed by atoms with Crippen molar-refractivity contribution < 1.29 is 23.4 Å². The molecule has 0 N–H and O–H groups in total. The fourth-order valence-electron chi connectivity index (χ4n) is 0.606. The topological polar surface area (TPSA) is 61.8 Å². The maximum Gasteiger partial charge on any atom is 0.558 e.